The molecule has 0 atom stereocenters. The smallest absolute Gasteiger partial charge is 0.293 e. The van der Waals surface area contributed by atoms with Crippen molar-refractivity contribution in [2.24, 2.45) is 5.73 Å². The SMILES string of the molecule is COc1cc(OC)nc(C(=O)Nc2cncc(-c3cc(C)cc(C)c3)c2N2CCC(N)CC2)n1. The molecule has 1 amide bonds. The van der Waals surface area contributed by atoms with Crippen molar-refractivity contribution in [3.8, 4) is 22.9 Å². The van der Waals surface area contributed by atoms with E-state index in [2.05, 4.69) is 57.2 Å². The van der Waals surface area contributed by atoms with E-state index in [9.17, 15) is 4.79 Å². The van der Waals surface area contributed by atoms with Crippen LogP contribution in [-0.4, -0.2) is 54.2 Å². The molecule has 1 aliphatic heterocycles. The van der Waals surface area contributed by atoms with Gasteiger partial charge in [-0.05, 0) is 32.3 Å². The quantitative estimate of drug-likeness (QED) is 0.573. The van der Waals surface area contributed by atoms with Gasteiger partial charge in [0.15, 0.2) is 0 Å². The summed E-state index contributed by atoms with van der Waals surface area (Å²) in [5.74, 6) is -0.0557. The molecule has 9 nitrogen and oxygen atoms in total. The summed E-state index contributed by atoms with van der Waals surface area (Å²) in [5, 5.41) is 2.97. The Hall–Kier alpha value is -3.72. The molecular formula is C25H30N6O3. The zero-order valence-electron chi connectivity index (χ0n) is 20.0. The first-order valence-corrected chi connectivity index (χ1v) is 11.2. The number of carbonyl (C=O) groups is 1. The lowest BCUT2D eigenvalue weighted by atomic mass is 9.98. The predicted octanol–water partition coefficient (Wildman–Crippen LogP) is 3.35. The number of aromatic nitrogens is 3. The summed E-state index contributed by atoms with van der Waals surface area (Å²) in [5.41, 5.74) is 12.0. The van der Waals surface area contributed by atoms with Gasteiger partial charge in [-0.1, -0.05) is 29.3 Å². The van der Waals surface area contributed by atoms with Gasteiger partial charge in [0.25, 0.3) is 5.91 Å². The number of nitrogens with one attached hydrogen (secondary N) is 1. The minimum Gasteiger partial charge on any atom is -0.481 e. The molecule has 0 unspecified atom stereocenters. The van der Waals surface area contributed by atoms with Crippen molar-refractivity contribution >= 4 is 17.3 Å². The van der Waals surface area contributed by atoms with E-state index < -0.39 is 5.91 Å². The van der Waals surface area contributed by atoms with E-state index in [0.717, 1.165) is 53.9 Å². The minimum absolute atomic E-state index is 0.0559. The van der Waals surface area contributed by atoms with Gasteiger partial charge in [-0.25, -0.2) is 0 Å². The van der Waals surface area contributed by atoms with Crippen LogP contribution >= 0.6 is 0 Å². The largest absolute Gasteiger partial charge is 0.481 e. The molecule has 3 aromatic rings. The van der Waals surface area contributed by atoms with Crippen LogP contribution in [0.1, 0.15) is 34.6 Å². The molecule has 2 aromatic heterocycles. The maximum atomic E-state index is 13.2. The van der Waals surface area contributed by atoms with Crippen molar-refractivity contribution in [1.29, 1.82) is 0 Å². The first kappa shape index (κ1) is 23.4. The molecule has 1 aliphatic rings. The summed E-state index contributed by atoms with van der Waals surface area (Å²) in [4.78, 5) is 28.2. The third-order valence-corrected chi connectivity index (χ3v) is 5.85. The Morgan fingerprint density at radius 3 is 2.21 bits per heavy atom. The molecule has 0 aliphatic carbocycles. The third kappa shape index (κ3) is 5.09. The number of rotatable bonds is 6. The summed E-state index contributed by atoms with van der Waals surface area (Å²) in [7, 11) is 2.94. The number of benzene rings is 1. The Labute approximate surface area is 199 Å². The first-order chi connectivity index (χ1) is 16.4. The molecule has 0 spiro atoms. The van der Waals surface area contributed by atoms with Gasteiger partial charge in [-0.3, -0.25) is 9.78 Å². The molecule has 0 radical (unpaired) electrons. The number of methoxy groups -OCH3 is 2. The molecule has 1 saturated heterocycles. The number of piperidine rings is 1. The highest BCUT2D eigenvalue weighted by Crippen LogP contribution is 2.38. The maximum Gasteiger partial charge on any atom is 0.293 e. The average molecular weight is 463 g/mol. The van der Waals surface area contributed by atoms with Crippen LogP contribution in [0.5, 0.6) is 11.8 Å². The molecule has 3 N–H and O–H groups in total. The lowest BCUT2D eigenvalue weighted by Gasteiger charge is -2.34. The van der Waals surface area contributed by atoms with Gasteiger partial charge in [-0.15, -0.1) is 0 Å². The number of anilines is 2. The normalized spacial score (nSPS) is 14.1. The van der Waals surface area contributed by atoms with Gasteiger partial charge in [0.05, 0.1) is 37.9 Å². The van der Waals surface area contributed by atoms with E-state index in [1.807, 2.05) is 6.20 Å². The van der Waals surface area contributed by atoms with Gasteiger partial charge >= 0.3 is 0 Å². The molecule has 3 heterocycles. The second-order valence-electron chi connectivity index (χ2n) is 8.51. The summed E-state index contributed by atoms with van der Waals surface area (Å²) < 4.78 is 10.4. The molecule has 34 heavy (non-hydrogen) atoms. The summed E-state index contributed by atoms with van der Waals surface area (Å²) >= 11 is 0. The highest BCUT2D eigenvalue weighted by atomic mass is 16.5. The number of carbonyl (C=O) groups excluding carboxylic acids is 1. The van der Waals surface area contributed by atoms with E-state index in [1.54, 1.807) is 6.20 Å². The molecule has 1 fully saturated rings. The van der Waals surface area contributed by atoms with E-state index in [-0.39, 0.29) is 23.6 Å². The first-order valence-electron chi connectivity index (χ1n) is 11.2. The Morgan fingerprint density at radius 2 is 1.62 bits per heavy atom. The number of nitrogens with two attached hydrogens (primary N) is 1. The van der Waals surface area contributed by atoms with Crippen molar-refractivity contribution in [3.05, 3.63) is 53.6 Å². The number of hydrogen-bond donors (Lipinski definition) is 2. The summed E-state index contributed by atoms with van der Waals surface area (Å²) in [6.07, 6.45) is 5.25. The monoisotopic (exact) mass is 462 g/mol. The maximum absolute atomic E-state index is 13.2. The van der Waals surface area contributed by atoms with Crippen LogP contribution in [0.3, 0.4) is 0 Å². The van der Waals surface area contributed by atoms with Crippen LogP contribution < -0.4 is 25.4 Å². The summed E-state index contributed by atoms with van der Waals surface area (Å²) in [6, 6.07) is 8.09. The van der Waals surface area contributed by atoms with Crippen molar-refractivity contribution in [3.63, 3.8) is 0 Å². The Balaban J connectivity index is 1.77. The number of hydrogen-bond acceptors (Lipinski definition) is 8. The topological polar surface area (TPSA) is 115 Å². The van der Waals surface area contributed by atoms with Crippen molar-refractivity contribution in [2.75, 3.05) is 37.5 Å². The van der Waals surface area contributed by atoms with E-state index in [4.69, 9.17) is 15.2 Å². The molecular weight excluding hydrogens is 432 g/mol. The number of amides is 1. The molecule has 9 heteroatoms. The Bertz CT molecular complexity index is 1150. The second-order valence-corrected chi connectivity index (χ2v) is 8.51. The molecule has 178 valence electrons. The van der Waals surface area contributed by atoms with Crippen LogP contribution in [0.2, 0.25) is 0 Å². The Kier molecular flexibility index (Phi) is 6.93. The van der Waals surface area contributed by atoms with E-state index >= 15 is 0 Å². The van der Waals surface area contributed by atoms with Crippen molar-refractivity contribution in [1.82, 2.24) is 15.0 Å². The lowest BCUT2D eigenvalue weighted by Crippen LogP contribution is -2.40. The summed E-state index contributed by atoms with van der Waals surface area (Å²) in [6.45, 7) is 5.72. The molecule has 4 rings (SSSR count). The number of nitrogens with zero attached hydrogens (tertiary/aromatic N) is 4. The van der Waals surface area contributed by atoms with Crippen LogP contribution in [0.4, 0.5) is 11.4 Å². The lowest BCUT2D eigenvalue weighted by molar-refractivity contribution is 0.101. The van der Waals surface area contributed by atoms with Crippen LogP contribution in [0, 0.1) is 13.8 Å². The fraction of sp³-hybridized carbons (Fsp3) is 0.360. The van der Waals surface area contributed by atoms with E-state index in [0.29, 0.717) is 5.69 Å². The van der Waals surface area contributed by atoms with Crippen LogP contribution in [0.15, 0.2) is 36.7 Å². The fourth-order valence-electron chi connectivity index (χ4n) is 4.24. The third-order valence-electron chi connectivity index (χ3n) is 5.85. The van der Waals surface area contributed by atoms with Gasteiger partial charge in [0, 0.05) is 30.9 Å². The molecule has 0 saturated carbocycles. The number of aryl methyl sites for hydroxylation is 2. The zero-order valence-corrected chi connectivity index (χ0v) is 20.0. The zero-order chi connectivity index (χ0) is 24.2. The van der Waals surface area contributed by atoms with Crippen molar-refractivity contribution < 1.29 is 14.3 Å². The molecule has 1 aromatic carbocycles. The van der Waals surface area contributed by atoms with Crippen LogP contribution in [0.25, 0.3) is 11.1 Å². The predicted molar refractivity (Wildman–Crippen MR) is 132 cm³/mol. The van der Waals surface area contributed by atoms with Gasteiger partial charge in [0.2, 0.25) is 17.6 Å². The van der Waals surface area contributed by atoms with E-state index in [1.165, 1.54) is 20.3 Å². The highest BCUT2D eigenvalue weighted by molar-refractivity contribution is 6.05. The Morgan fingerprint density at radius 1 is 1.00 bits per heavy atom. The number of ether oxygens (including phenoxy) is 2. The van der Waals surface area contributed by atoms with Gasteiger partial charge < -0.3 is 25.4 Å². The van der Waals surface area contributed by atoms with Crippen LogP contribution in [-0.2, 0) is 0 Å². The van der Waals surface area contributed by atoms with Gasteiger partial charge in [-0.2, -0.15) is 9.97 Å². The minimum atomic E-state index is -0.480. The van der Waals surface area contributed by atoms with Crippen molar-refractivity contribution in [2.45, 2.75) is 32.7 Å². The standard InChI is InChI=1S/C25H30N6O3/c1-15-9-16(2)11-17(10-15)19-13-27-14-20(23(19)31-7-5-18(26)6-8-31)28-25(32)24-29-21(33-3)12-22(30-24)34-4/h9-14,18H,5-8,26H2,1-4H3,(H,28,32). The average Bonchev–Trinajstić information content (AvgIpc) is 2.83. The molecule has 0 bridgehead atoms. The van der Waals surface area contributed by atoms with Gasteiger partial charge in [0.1, 0.15) is 0 Å². The highest BCUT2D eigenvalue weighted by Gasteiger charge is 2.24. The number of pyridine rings is 1. The fourth-order valence-corrected chi connectivity index (χ4v) is 4.24. The second kappa shape index (κ2) is 10.0.